The highest BCUT2D eigenvalue weighted by atomic mass is 35.5. The second-order valence-corrected chi connectivity index (χ2v) is 9.24. The number of benzene rings is 2. The molecule has 200 valence electrons. The Labute approximate surface area is 239 Å². The first-order valence-corrected chi connectivity index (χ1v) is 12.7. The number of aliphatic hydroxyl groups excluding tert-OH is 1. The molecule has 2 atom stereocenters. The highest BCUT2D eigenvalue weighted by Crippen LogP contribution is 2.36. The first-order valence-electron chi connectivity index (χ1n) is 11.2. The number of hydrogen-bond acceptors (Lipinski definition) is 7. The number of halogens is 4. The molecule has 0 saturated carbocycles. The molecular formula is C26H23Cl4N3O5. The Bertz CT molecular complexity index is 1320. The molecule has 12 heteroatoms. The Morgan fingerprint density at radius 2 is 1.63 bits per heavy atom. The van der Waals surface area contributed by atoms with E-state index in [0.717, 1.165) is 0 Å². The fourth-order valence-electron chi connectivity index (χ4n) is 3.25. The topological polar surface area (TPSA) is 111 Å². The number of nitrogens with one attached hydrogen (secondary N) is 1. The van der Waals surface area contributed by atoms with Gasteiger partial charge in [0, 0.05) is 0 Å². The van der Waals surface area contributed by atoms with Crippen molar-refractivity contribution in [1.82, 2.24) is 15.3 Å². The van der Waals surface area contributed by atoms with Crippen LogP contribution in [0.5, 0.6) is 0 Å². The number of ether oxygens (including phenoxy) is 1. The highest BCUT2D eigenvalue weighted by Gasteiger charge is 2.27. The molecule has 2 heterocycles. The second kappa shape index (κ2) is 14.2. The minimum atomic E-state index is -1.16. The number of rotatable bonds is 8. The van der Waals surface area contributed by atoms with E-state index in [0.29, 0.717) is 49.2 Å². The van der Waals surface area contributed by atoms with Crippen LogP contribution in [0, 0.1) is 0 Å². The van der Waals surface area contributed by atoms with Crippen molar-refractivity contribution in [3.05, 3.63) is 93.8 Å². The maximum absolute atomic E-state index is 11.6. The van der Waals surface area contributed by atoms with E-state index < -0.39 is 18.2 Å². The van der Waals surface area contributed by atoms with Crippen molar-refractivity contribution in [1.29, 1.82) is 0 Å². The quantitative estimate of drug-likeness (QED) is 0.197. The number of oxazole rings is 2. The summed E-state index contributed by atoms with van der Waals surface area (Å²) in [5.74, 6) is 0.950. The van der Waals surface area contributed by atoms with E-state index in [4.69, 9.17) is 60.0 Å². The molecule has 0 bridgehead atoms. The molecule has 2 aromatic carbocycles. The number of nitrogens with zero attached hydrogens (tertiary/aromatic N) is 2. The molecule has 2 aromatic heterocycles. The fourth-order valence-corrected chi connectivity index (χ4v) is 4.42. The summed E-state index contributed by atoms with van der Waals surface area (Å²) in [7, 11) is 0. The number of carbonyl (C=O) groups is 1. The van der Waals surface area contributed by atoms with Gasteiger partial charge in [0.25, 0.3) is 0 Å². The van der Waals surface area contributed by atoms with E-state index in [1.165, 1.54) is 18.7 Å². The average Bonchev–Trinajstić information content (AvgIpc) is 3.59. The molecule has 0 aliphatic rings. The van der Waals surface area contributed by atoms with Gasteiger partial charge >= 0.3 is 6.09 Å². The van der Waals surface area contributed by atoms with Crippen LogP contribution in [0.3, 0.4) is 0 Å². The first kappa shape index (κ1) is 29.5. The van der Waals surface area contributed by atoms with E-state index in [-0.39, 0.29) is 12.5 Å². The van der Waals surface area contributed by atoms with E-state index >= 15 is 0 Å². The lowest BCUT2D eigenvalue weighted by atomic mass is 10.1. The van der Waals surface area contributed by atoms with Gasteiger partial charge in [-0.05, 0) is 30.7 Å². The standard InChI is InChI=1S/C17H18Cl2N2O4.C9H5Cl2NO/c1-3-8-24-17(23)21-12(4-2)15(22)16-20-9-13(25-16)14-10(18)6-5-7-11(14)19;10-6-2-1-3-7(11)9(6)8-4-12-5-13-8/h3,5-7,9,12,15,22H,1,4,8H2,2H3,(H,21,23);1-5H/t12-,15?;/m0./s1. The van der Waals surface area contributed by atoms with Crippen molar-refractivity contribution in [2.24, 2.45) is 0 Å². The van der Waals surface area contributed by atoms with Gasteiger partial charge in [0.15, 0.2) is 24.0 Å². The summed E-state index contributed by atoms with van der Waals surface area (Å²) in [6.45, 7) is 5.34. The Kier molecular flexibility index (Phi) is 11.1. The minimum Gasteiger partial charge on any atom is -0.445 e. The third-order valence-corrected chi connectivity index (χ3v) is 6.34. The van der Waals surface area contributed by atoms with Crippen LogP contribution in [-0.2, 0) is 4.74 Å². The van der Waals surface area contributed by atoms with Crippen LogP contribution >= 0.6 is 46.4 Å². The third kappa shape index (κ3) is 7.52. The highest BCUT2D eigenvalue weighted by molar-refractivity contribution is 6.39. The number of aromatic nitrogens is 2. The lowest BCUT2D eigenvalue weighted by molar-refractivity contribution is 0.0887. The van der Waals surface area contributed by atoms with Gasteiger partial charge in [-0.25, -0.2) is 14.8 Å². The minimum absolute atomic E-state index is 0.0434. The molecule has 0 aliphatic heterocycles. The van der Waals surface area contributed by atoms with Crippen LogP contribution in [0.1, 0.15) is 25.3 Å². The van der Waals surface area contributed by atoms with Crippen molar-refractivity contribution in [2.45, 2.75) is 25.5 Å². The molecule has 38 heavy (non-hydrogen) atoms. The van der Waals surface area contributed by atoms with Gasteiger partial charge in [-0.15, -0.1) is 0 Å². The molecule has 0 aliphatic carbocycles. The van der Waals surface area contributed by atoms with Crippen molar-refractivity contribution in [2.75, 3.05) is 6.61 Å². The molecule has 0 saturated heterocycles. The molecular weight excluding hydrogens is 576 g/mol. The van der Waals surface area contributed by atoms with E-state index in [1.807, 2.05) is 0 Å². The maximum Gasteiger partial charge on any atom is 0.407 e. The zero-order valence-corrected chi connectivity index (χ0v) is 23.1. The molecule has 0 fully saturated rings. The summed E-state index contributed by atoms with van der Waals surface area (Å²) in [5, 5.41) is 14.9. The van der Waals surface area contributed by atoms with Gasteiger partial charge in [-0.2, -0.15) is 0 Å². The normalized spacial score (nSPS) is 12.2. The van der Waals surface area contributed by atoms with Gasteiger partial charge < -0.3 is 24.0 Å². The number of amides is 1. The Balaban J connectivity index is 0.000000256. The predicted molar refractivity (Wildman–Crippen MR) is 148 cm³/mol. The van der Waals surface area contributed by atoms with Crippen LogP contribution in [0.15, 0.2) is 76.7 Å². The van der Waals surface area contributed by atoms with Gasteiger partial charge in [-0.1, -0.05) is 78.1 Å². The SMILES string of the molecule is C=CCOC(=O)N[C@@H](CC)C(O)c1ncc(-c2c(Cl)cccc2Cl)o1.Clc1cccc(Cl)c1-c1cnco1. The molecule has 1 unspecified atom stereocenters. The summed E-state index contributed by atoms with van der Waals surface area (Å²) < 4.78 is 15.6. The summed E-state index contributed by atoms with van der Waals surface area (Å²) >= 11 is 24.2. The Hall–Kier alpha value is -3.01. The average molecular weight is 599 g/mol. The summed E-state index contributed by atoms with van der Waals surface area (Å²) in [4.78, 5) is 19.5. The molecule has 8 nitrogen and oxygen atoms in total. The molecule has 2 N–H and O–H groups in total. The van der Waals surface area contributed by atoms with Crippen molar-refractivity contribution in [3.63, 3.8) is 0 Å². The van der Waals surface area contributed by atoms with Gasteiger partial charge in [0.2, 0.25) is 5.89 Å². The molecule has 0 radical (unpaired) electrons. The van der Waals surface area contributed by atoms with Crippen LogP contribution in [-0.4, -0.2) is 33.8 Å². The third-order valence-electron chi connectivity index (χ3n) is 5.08. The van der Waals surface area contributed by atoms with Crippen LogP contribution in [0.2, 0.25) is 20.1 Å². The van der Waals surface area contributed by atoms with E-state index in [9.17, 15) is 9.90 Å². The van der Waals surface area contributed by atoms with Crippen molar-refractivity contribution >= 4 is 52.5 Å². The molecule has 4 rings (SSSR count). The zero-order chi connectivity index (χ0) is 27.7. The first-order chi connectivity index (χ1) is 18.3. The van der Waals surface area contributed by atoms with Crippen LogP contribution < -0.4 is 5.32 Å². The van der Waals surface area contributed by atoms with Crippen LogP contribution in [0.25, 0.3) is 22.6 Å². The zero-order valence-electron chi connectivity index (χ0n) is 20.0. The molecule has 1 amide bonds. The number of hydrogen-bond donors (Lipinski definition) is 2. The number of aliphatic hydroxyl groups is 1. The largest absolute Gasteiger partial charge is 0.445 e. The lowest BCUT2D eigenvalue weighted by Gasteiger charge is -2.20. The fraction of sp³-hybridized carbons (Fsp3) is 0.192. The van der Waals surface area contributed by atoms with Crippen LogP contribution in [0.4, 0.5) is 4.79 Å². The smallest absolute Gasteiger partial charge is 0.407 e. The summed E-state index contributed by atoms with van der Waals surface area (Å²) in [6.07, 6.45) is 4.42. The van der Waals surface area contributed by atoms with Gasteiger partial charge in [-0.3, -0.25) is 0 Å². The second-order valence-electron chi connectivity index (χ2n) is 7.61. The summed E-state index contributed by atoms with van der Waals surface area (Å²) in [5.41, 5.74) is 1.17. The lowest BCUT2D eigenvalue weighted by Crippen LogP contribution is -2.39. The number of alkyl carbamates (subject to hydrolysis) is 1. The van der Waals surface area contributed by atoms with Gasteiger partial charge in [0.05, 0.1) is 49.7 Å². The predicted octanol–water partition coefficient (Wildman–Crippen LogP) is 8.02. The van der Waals surface area contributed by atoms with Crippen molar-refractivity contribution in [3.8, 4) is 22.6 Å². The Morgan fingerprint density at radius 3 is 2.13 bits per heavy atom. The Morgan fingerprint density at radius 1 is 1.05 bits per heavy atom. The van der Waals surface area contributed by atoms with E-state index in [1.54, 1.807) is 49.5 Å². The molecule has 4 aromatic rings. The van der Waals surface area contributed by atoms with Gasteiger partial charge in [0.1, 0.15) is 6.61 Å². The molecule has 0 spiro atoms. The van der Waals surface area contributed by atoms with E-state index in [2.05, 4.69) is 21.9 Å². The number of carbonyl (C=O) groups excluding carboxylic acids is 1. The van der Waals surface area contributed by atoms with Crippen molar-refractivity contribution < 1.29 is 23.5 Å². The summed E-state index contributed by atoms with van der Waals surface area (Å²) in [6, 6.07) is 9.72. The maximum atomic E-state index is 11.6. The monoisotopic (exact) mass is 597 g/mol.